The van der Waals surface area contributed by atoms with Crippen molar-refractivity contribution in [2.24, 2.45) is 0 Å². The van der Waals surface area contributed by atoms with Gasteiger partial charge in [0, 0.05) is 49.0 Å². The lowest BCUT2D eigenvalue weighted by atomic mass is 9.86. The van der Waals surface area contributed by atoms with Crippen LogP contribution in [-0.4, -0.2) is 103 Å². The molecule has 8 heterocycles. The first-order valence-corrected chi connectivity index (χ1v) is 14.6. The predicted molar refractivity (Wildman–Crippen MR) is 150 cm³/mol. The van der Waals surface area contributed by atoms with E-state index in [0.717, 1.165) is 62.3 Å². The van der Waals surface area contributed by atoms with E-state index in [1.165, 1.54) is 0 Å². The van der Waals surface area contributed by atoms with Crippen LogP contribution in [0.2, 0.25) is 0 Å². The van der Waals surface area contributed by atoms with Gasteiger partial charge in [0.05, 0.1) is 54.2 Å². The molecule has 0 aromatic carbocycles. The van der Waals surface area contributed by atoms with E-state index in [0.29, 0.717) is 29.5 Å². The number of rotatable bonds is 8. The molecular weight excluding hydrogens is 522 g/mol. The summed E-state index contributed by atoms with van der Waals surface area (Å²) in [6.45, 7) is 4.35. The number of fused-ring (bicyclic) bond motifs is 5. The van der Waals surface area contributed by atoms with Crippen LogP contribution >= 0.6 is 0 Å². The number of aliphatic hydroxyl groups excluding tert-OH is 2. The molecule has 5 aliphatic rings. The van der Waals surface area contributed by atoms with Crippen molar-refractivity contribution in [3.05, 3.63) is 42.4 Å². The number of hydrogen-bond acceptors (Lipinski definition) is 9. The van der Waals surface area contributed by atoms with E-state index >= 15 is 0 Å². The number of pyridine rings is 2. The summed E-state index contributed by atoms with van der Waals surface area (Å²) in [5.41, 5.74) is 2.87. The van der Waals surface area contributed by atoms with Gasteiger partial charge in [-0.05, 0) is 50.8 Å². The summed E-state index contributed by atoms with van der Waals surface area (Å²) >= 11 is 0. The first kappa shape index (κ1) is 26.2. The molecule has 6 atom stereocenters. The Kier molecular flexibility index (Phi) is 6.57. The lowest BCUT2D eigenvalue weighted by Gasteiger charge is -2.56. The summed E-state index contributed by atoms with van der Waals surface area (Å²) in [7, 11) is 0. The fraction of sp³-hybridized carbons (Fsp3) is 0.533. The van der Waals surface area contributed by atoms with E-state index in [-0.39, 0.29) is 36.6 Å². The van der Waals surface area contributed by atoms with Gasteiger partial charge in [-0.3, -0.25) is 9.69 Å². The zero-order valence-electron chi connectivity index (χ0n) is 23.1. The van der Waals surface area contributed by atoms with E-state index < -0.39 is 6.10 Å². The van der Waals surface area contributed by atoms with Crippen molar-refractivity contribution < 1.29 is 19.7 Å². The van der Waals surface area contributed by atoms with Gasteiger partial charge < -0.3 is 24.7 Å². The molecule has 0 aliphatic carbocycles. The van der Waals surface area contributed by atoms with Crippen LogP contribution in [0.4, 0.5) is 5.82 Å². The number of carbonyl (C=O) groups is 1. The van der Waals surface area contributed by atoms with Crippen molar-refractivity contribution in [2.45, 2.75) is 75.4 Å². The highest BCUT2D eigenvalue weighted by molar-refractivity contribution is 5.85. The maximum absolute atomic E-state index is 12.5. The van der Waals surface area contributed by atoms with Crippen LogP contribution in [0.15, 0.2) is 36.8 Å². The van der Waals surface area contributed by atoms with E-state index in [4.69, 9.17) is 9.72 Å². The number of piperazine rings is 1. The van der Waals surface area contributed by atoms with Gasteiger partial charge in [-0.25, -0.2) is 9.50 Å². The Morgan fingerprint density at radius 1 is 1.20 bits per heavy atom. The molecule has 41 heavy (non-hydrogen) atoms. The van der Waals surface area contributed by atoms with Crippen LogP contribution in [-0.2, 0) is 4.79 Å². The highest BCUT2D eigenvalue weighted by Gasteiger charge is 2.47. The van der Waals surface area contributed by atoms with Crippen LogP contribution in [0.5, 0.6) is 5.75 Å². The molecule has 2 N–H and O–H groups in total. The maximum atomic E-state index is 12.5. The van der Waals surface area contributed by atoms with E-state index in [1.807, 2.05) is 29.3 Å². The zero-order chi connectivity index (χ0) is 28.2. The molecular formula is C30H35N7O4. The number of ether oxygens (including phenoxy) is 1. The van der Waals surface area contributed by atoms with Crippen LogP contribution < -0.4 is 9.64 Å². The number of carbonyl (C=O) groups excluding carboxylic acids is 1. The highest BCUT2D eigenvalue weighted by Crippen LogP contribution is 2.38. The largest absolute Gasteiger partial charge is 0.491 e. The molecule has 214 valence electrons. The molecule has 5 saturated heterocycles. The number of anilines is 1. The van der Waals surface area contributed by atoms with Crippen LogP contribution in [0.3, 0.4) is 0 Å². The summed E-state index contributed by atoms with van der Waals surface area (Å²) in [6, 6.07) is 9.19. The first-order chi connectivity index (χ1) is 19.9. The number of amides is 1. The molecule has 8 rings (SSSR count). The molecule has 0 saturated carbocycles. The molecule has 0 radical (unpaired) electrons. The Hall–Kier alpha value is -3.72. The second kappa shape index (κ2) is 10.3. The van der Waals surface area contributed by atoms with Crippen molar-refractivity contribution in [3.63, 3.8) is 0 Å². The molecule has 5 fully saturated rings. The van der Waals surface area contributed by atoms with Gasteiger partial charge in [0.1, 0.15) is 24.2 Å². The van der Waals surface area contributed by atoms with Gasteiger partial charge in [0.2, 0.25) is 5.91 Å². The van der Waals surface area contributed by atoms with E-state index in [9.17, 15) is 20.3 Å². The Labute approximate surface area is 238 Å². The number of hydrogen-bond donors (Lipinski definition) is 2. The van der Waals surface area contributed by atoms with Crippen molar-refractivity contribution in [1.82, 2.24) is 24.4 Å². The van der Waals surface area contributed by atoms with Gasteiger partial charge >= 0.3 is 0 Å². The molecule has 3 aromatic heterocycles. The van der Waals surface area contributed by atoms with Crippen molar-refractivity contribution in [1.29, 1.82) is 5.26 Å². The van der Waals surface area contributed by atoms with Crippen LogP contribution in [0, 0.1) is 11.3 Å². The first-order valence-electron chi connectivity index (χ1n) is 14.6. The molecule has 1 amide bonds. The third-order valence-corrected chi connectivity index (χ3v) is 9.31. The minimum atomic E-state index is -0.629. The Morgan fingerprint density at radius 2 is 2.02 bits per heavy atom. The highest BCUT2D eigenvalue weighted by atomic mass is 16.5. The third kappa shape index (κ3) is 4.60. The molecule has 11 heteroatoms. The fourth-order valence-electron chi connectivity index (χ4n) is 7.46. The lowest BCUT2D eigenvalue weighted by molar-refractivity contribution is -0.148. The Balaban J connectivity index is 1.07. The third-order valence-electron chi connectivity index (χ3n) is 9.31. The second-order valence-corrected chi connectivity index (χ2v) is 11.9. The van der Waals surface area contributed by atoms with Crippen molar-refractivity contribution in [3.8, 4) is 22.9 Å². The number of aromatic nitrogens is 3. The SMILES string of the molecule is CC(O)CC(=O)N1C2CC1CN(c1ccc(-c3cc(OCCN4C5CCC4C(O)C5)cn4ncc(C#N)c34)cn1)C2. The minimum Gasteiger partial charge on any atom is -0.491 e. The van der Waals surface area contributed by atoms with Crippen molar-refractivity contribution >= 4 is 17.2 Å². The molecule has 3 aromatic rings. The standard InChI is InChI=1S/C30H35N7O4/c1-18(38)8-29(40)37-22-9-23(37)16-34(15-22)28-5-2-19(13-32-28)25-11-24(17-36-30(25)20(12-31)14-33-36)41-7-6-35-21-3-4-26(35)27(39)10-21/h2,5,11,13-14,17-18,21-23,26-27,38-39H,3-4,6-10,15-16H2,1H3. The molecule has 6 unspecified atom stereocenters. The number of aliphatic hydroxyl groups is 2. The molecule has 4 bridgehead atoms. The maximum Gasteiger partial charge on any atom is 0.225 e. The van der Waals surface area contributed by atoms with Gasteiger partial charge in [-0.2, -0.15) is 10.4 Å². The summed E-state index contributed by atoms with van der Waals surface area (Å²) in [4.78, 5) is 23.8. The van der Waals surface area contributed by atoms with E-state index in [2.05, 4.69) is 21.0 Å². The minimum absolute atomic E-state index is 0.0230. The number of nitriles is 1. The number of nitrogens with zero attached hydrogens (tertiary/aromatic N) is 7. The quantitative estimate of drug-likeness (QED) is 0.426. The van der Waals surface area contributed by atoms with Gasteiger partial charge in [-0.15, -0.1) is 0 Å². The summed E-state index contributed by atoms with van der Waals surface area (Å²) in [5.74, 6) is 1.54. The lowest BCUT2D eigenvalue weighted by Crippen LogP contribution is -2.70. The molecule has 5 aliphatic heterocycles. The molecule has 11 nitrogen and oxygen atoms in total. The normalized spacial score (nSPS) is 27.6. The average molecular weight is 558 g/mol. The van der Waals surface area contributed by atoms with Crippen molar-refractivity contribution in [2.75, 3.05) is 31.1 Å². The smallest absolute Gasteiger partial charge is 0.225 e. The van der Waals surface area contributed by atoms with Gasteiger partial charge in [-0.1, -0.05) is 0 Å². The zero-order valence-corrected chi connectivity index (χ0v) is 23.1. The summed E-state index contributed by atoms with van der Waals surface area (Å²) < 4.78 is 7.88. The topological polar surface area (TPSA) is 130 Å². The van der Waals surface area contributed by atoms with Gasteiger partial charge in [0.25, 0.3) is 0 Å². The Bertz CT molecular complexity index is 1490. The number of piperidine rings is 1. The summed E-state index contributed by atoms with van der Waals surface area (Å²) in [5, 5.41) is 34.0. The van der Waals surface area contributed by atoms with E-state index in [1.54, 1.807) is 23.8 Å². The predicted octanol–water partition coefficient (Wildman–Crippen LogP) is 1.80. The van der Waals surface area contributed by atoms with Crippen LogP contribution in [0.25, 0.3) is 16.6 Å². The second-order valence-electron chi connectivity index (χ2n) is 11.9. The summed E-state index contributed by atoms with van der Waals surface area (Å²) in [6.07, 6.45) is 8.54. The average Bonchev–Trinajstić information content (AvgIpc) is 3.64. The molecule has 0 spiro atoms. The fourth-order valence-corrected chi connectivity index (χ4v) is 7.46. The monoisotopic (exact) mass is 557 g/mol. The Morgan fingerprint density at radius 3 is 2.68 bits per heavy atom. The van der Waals surface area contributed by atoms with Crippen LogP contribution in [0.1, 0.15) is 44.6 Å². The van der Waals surface area contributed by atoms with Gasteiger partial charge in [0.15, 0.2) is 0 Å².